The van der Waals surface area contributed by atoms with Crippen LogP contribution < -0.4 is 10.7 Å². The Morgan fingerprint density at radius 2 is 2.00 bits per heavy atom. The number of carbonyl (C=O) groups is 2. The quantitative estimate of drug-likeness (QED) is 0.594. The van der Waals surface area contributed by atoms with Crippen molar-refractivity contribution in [1.29, 1.82) is 0 Å². The molecule has 0 aliphatic heterocycles. The van der Waals surface area contributed by atoms with Gasteiger partial charge in [0.25, 0.3) is 0 Å². The van der Waals surface area contributed by atoms with Crippen molar-refractivity contribution in [2.24, 2.45) is 5.10 Å². The summed E-state index contributed by atoms with van der Waals surface area (Å²) in [6.45, 7) is 5.59. The molecule has 0 saturated carbocycles. The van der Waals surface area contributed by atoms with Crippen LogP contribution in [0.25, 0.3) is 0 Å². The van der Waals surface area contributed by atoms with Crippen molar-refractivity contribution in [3.8, 4) is 0 Å². The molecule has 0 atom stereocenters. The number of aryl methyl sites for hydroxylation is 1. The maximum atomic E-state index is 11.9. The largest absolute Gasteiger partial charge is 0.326 e. The fourth-order valence-corrected chi connectivity index (χ4v) is 2.01. The zero-order valence-corrected chi connectivity index (χ0v) is 14.0. The molecule has 0 fully saturated rings. The number of amides is 2. The Kier molecular flexibility index (Phi) is 7.60. The number of nitrogens with one attached hydrogen (secondary N) is 2. The van der Waals surface area contributed by atoms with Crippen LogP contribution in [0.1, 0.15) is 45.1 Å². The van der Waals surface area contributed by atoms with Crippen LogP contribution in [0.4, 0.5) is 5.69 Å². The molecule has 1 rings (SSSR count). The average Bonchev–Trinajstić information content (AvgIpc) is 2.46. The number of anilines is 1. The van der Waals surface area contributed by atoms with Gasteiger partial charge in [0.1, 0.15) is 0 Å². The Morgan fingerprint density at radius 1 is 1.27 bits per heavy atom. The van der Waals surface area contributed by atoms with Gasteiger partial charge in [-0.25, -0.2) is 5.43 Å². The van der Waals surface area contributed by atoms with E-state index in [1.54, 1.807) is 25.1 Å². The Labute approximate surface area is 136 Å². The van der Waals surface area contributed by atoms with Gasteiger partial charge in [0, 0.05) is 22.8 Å². The first kappa shape index (κ1) is 18.2. The zero-order chi connectivity index (χ0) is 16.5. The first-order valence-electron chi connectivity index (χ1n) is 7.30. The highest BCUT2D eigenvalue weighted by Crippen LogP contribution is 2.19. The van der Waals surface area contributed by atoms with Crippen molar-refractivity contribution in [3.05, 3.63) is 28.8 Å². The molecule has 0 saturated heterocycles. The summed E-state index contributed by atoms with van der Waals surface area (Å²) >= 11 is 5.87. The van der Waals surface area contributed by atoms with E-state index in [2.05, 4.69) is 15.8 Å². The van der Waals surface area contributed by atoms with Gasteiger partial charge in [-0.15, -0.1) is 0 Å². The smallest absolute Gasteiger partial charge is 0.240 e. The van der Waals surface area contributed by atoms with E-state index in [0.29, 0.717) is 22.8 Å². The molecule has 5 nitrogen and oxygen atoms in total. The van der Waals surface area contributed by atoms with E-state index in [-0.39, 0.29) is 18.2 Å². The molecule has 2 N–H and O–H groups in total. The van der Waals surface area contributed by atoms with E-state index in [1.807, 2.05) is 13.8 Å². The van der Waals surface area contributed by atoms with Gasteiger partial charge in [0.2, 0.25) is 11.8 Å². The topological polar surface area (TPSA) is 70.6 Å². The number of halogens is 1. The van der Waals surface area contributed by atoms with Gasteiger partial charge in [0.15, 0.2) is 0 Å². The van der Waals surface area contributed by atoms with Crippen LogP contribution in [-0.2, 0) is 9.59 Å². The number of hydrazone groups is 1. The first-order valence-corrected chi connectivity index (χ1v) is 7.68. The minimum absolute atomic E-state index is 0.121. The van der Waals surface area contributed by atoms with Gasteiger partial charge in [-0.05, 0) is 44.0 Å². The van der Waals surface area contributed by atoms with Crippen molar-refractivity contribution >= 4 is 34.8 Å². The van der Waals surface area contributed by atoms with Crippen LogP contribution >= 0.6 is 11.6 Å². The second kappa shape index (κ2) is 9.20. The molecular formula is C16H22ClN3O2. The Morgan fingerprint density at radius 3 is 2.64 bits per heavy atom. The van der Waals surface area contributed by atoms with Crippen LogP contribution in [0.3, 0.4) is 0 Å². The van der Waals surface area contributed by atoms with Crippen molar-refractivity contribution in [2.45, 2.75) is 46.5 Å². The minimum Gasteiger partial charge on any atom is -0.326 e. The lowest BCUT2D eigenvalue weighted by Gasteiger charge is -2.08. The van der Waals surface area contributed by atoms with Crippen molar-refractivity contribution in [3.63, 3.8) is 0 Å². The van der Waals surface area contributed by atoms with Gasteiger partial charge in [-0.3, -0.25) is 9.59 Å². The molecule has 6 heteroatoms. The highest BCUT2D eigenvalue weighted by molar-refractivity contribution is 6.30. The van der Waals surface area contributed by atoms with Gasteiger partial charge in [-0.2, -0.15) is 5.10 Å². The second-order valence-electron chi connectivity index (χ2n) is 5.17. The molecule has 1 aromatic carbocycles. The molecule has 0 radical (unpaired) electrons. The number of hydrogen-bond acceptors (Lipinski definition) is 3. The van der Waals surface area contributed by atoms with Crippen molar-refractivity contribution in [2.75, 3.05) is 5.32 Å². The fourth-order valence-electron chi connectivity index (χ4n) is 1.78. The molecular weight excluding hydrogens is 302 g/mol. The van der Waals surface area contributed by atoms with Crippen molar-refractivity contribution < 1.29 is 9.59 Å². The van der Waals surface area contributed by atoms with Gasteiger partial charge >= 0.3 is 0 Å². The van der Waals surface area contributed by atoms with Crippen LogP contribution in [0.2, 0.25) is 5.02 Å². The Hall–Kier alpha value is -1.88. The second-order valence-corrected chi connectivity index (χ2v) is 5.61. The standard InChI is InChI=1S/C16H22ClN3O2/c1-4-5-6-15(21)20-19-12(3)10-16(22)18-14-8-7-13(17)9-11(14)2/h7-9H,4-6,10H2,1-3H3,(H,18,22)(H,20,21)/b19-12+. The zero-order valence-electron chi connectivity index (χ0n) is 13.2. The maximum Gasteiger partial charge on any atom is 0.240 e. The Bertz CT molecular complexity index is 571. The van der Waals surface area contributed by atoms with Crippen LogP contribution in [-0.4, -0.2) is 17.5 Å². The van der Waals surface area contributed by atoms with Crippen LogP contribution in [0, 0.1) is 6.92 Å². The van der Waals surface area contributed by atoms with E-state index in [4.69, 9.17) is 11.6 Å². The monoisotopic (exact) mass is 323 g/mol. The van der Waals surface area contributed by atoms with E-state index in [0.717, 1.165) is 18.4 Å². The van der Waals surface area contributed by atoms with Gasteiger partial charge in [0.05, 0.1) is 6.42 Å². The highest BCUT2D eigenvalue weighted by atomic mass is 35.5. The number of carbonyl (C=O) groups excluding carboxylic acids is 2. The molecule has 0 bridgehead atoms. The molecule has 0 spiro atoms. The number of benzene rings is 1. The summed E-state index contributed by atoms with van der Waals surface area (Å²) in [6, 6.07) is 5.26. The summed E-state index contributed by atoms with van der Waals surface area (Å²) in [4.78, 5) is 23.4. The number of rotatable bonds is 7. The molecule has 0 heterocycles. The van der Waals surface area contributed by atoms with Crippen LogP contribution in [0.5, 0.6) is 0 Å². The predicted molar refractivity (Wildman–Crippen MR) is 90.2 cm³/mol. The van der Waals surface area contributed by atoms with Gasteiger partial charge in [-0.1, -0.05) is 24.9 Å². The molecule has 120 valence electrons. The third-order valence-electron chi connectivity index (χ3n) is 3.01. The summed E-state index contributed by atoms with van der Waals surface area (Å²) < 4.78 is 0. The highest BCUT2D eigenvalue weighted by Gasteiger charge is 2.07. The first-order chi connectivity index (χ1) is 10.4. The maximum absolute atomic E-state index is 11.9. The minimum atomic E-state index is -0.186. The lowest BCUT2D eigenvalue weighted by atomic mass is 10.2. The van der Waals surface area contributed by atoms with Crippen LogP contribution in [0.15, 0.2) is 23.3 Å². The lowest BCUT2D eigenvalue weighted by Crippen LogP contribution is -2.21. The SMILES string of the molecule is CCCCC(=O)N/N=C(\C)CC(=O)Nc1ccc(Cl)cc1C. The fraction of sp³-hybridized carbons (Fsp3) is 0.438. The predicted octanol–water partition coefficient (Wildman–Crippen LogP) is 3.66. The molecule has 0 aliphatic rings. The molecule has 0 aliphatic carbocycles. The molecule has 0 aromatic heterocycles. The molecule has 22 heavy (non-hydrogen) atoms. The van der Waals surface area contributed by atoms with Crippen molar-refractivity contribution in [1.82, 2.24) is 5.43 Å². The normalized spacial score (nSPS) is 11.2. The van der Waals surface area contributed by atoms with E-state index < -0.39 is 0 Å². The van der Waals surface area contributed by atoms with Gasteiger partial charge < -0.3 is 5.32 Å². The molecule has 1 aromatic rings. The Balaban J connectivity index is 2.48. The number of hydrogen-bond donors (Lipinski definition) is 2. The molecule has 0 unspecified atom stereocenters. The number of nitrogens with zero attached hydrogens (tertiary/aromatic N) is 1. The lowest BCUT2D eigenvalue weighted by molar-refractivity contribution is -0.121. The van der Waals surface area contributed by atoms with E-state index >= 15 is 0 Å². The molecule has 2 amide bonds. The summed E-state index contributed by atoms with van der Waals surface area (Å²) in [6.07, 6.45) is 2.36. The third-order valence-corrected chi connectivity index (χ3v) is 3.24. The van der Waals surface area contributed by atoms with E-state index in [1.165, 1.54) is 0 Å². The summed E-state index contributed by atoms with van der Waals surface area (Å²) in [7, 11) is 0. The third kappa shape index (κ3) is 6.72. The average molecular weight is 324 g/mol. The van der Waals surface area contributed by atoms with E-state index in [9.17, 15) is 9.59 Å². The summed E-state index contributed by atoms with van der Waals surface area (Å²) in [5.74, 6) is -0.315. The summed E-state index contributed by atoms with van der Waals surface area (Å²) in [5.41, 5.74) is 4.62. The number of unbranched alkanes of at least 4 members (excludes halogenated alkanes) is 1. The summed E-state index contributed by atoms with van der Waals surface area (Å²) in [5, 5.41) is 7.36.